The molecule has 13 heteroatoms. The predicted molar refractivity (Wildman–Crippen MR) is 155 cm³/mol. The van der Waals surface area contributed by atoms with E-state index in [9.17, 15) is 18.7 Å². The van der Waals surface area contributed by atoms with Gasteiger partial charge in [-0.05, 0) is 55.4 Å². The van der Waals surface area contributed by atoms with Crippen LogP contribution in [-0.4, -0.2) is 48.3 Å². The largest absolute Gasteiger partial charge is 0.477 e. The first kappa shape index (κ1) is 28.4. The van der Waals surface area contributed by atoms with Gasteiger partial charge in [0, 0.05) is 30.0 Å². The van der Waals surface area contributed by atoms with Gasteiger partial charge in [-0.1, -0.05) is 23.7 Å². The Morgan fingerprint density at radius 1 is 1.16 bits per heavy atom. The van der Waals surface area contributed by atoms with Gasteiger partial charge in [0.15, 0.2) is 17.2 Å². The van der Waals surface area contributed by atoms with Gasteiger partial charge in [0.1, 0.15) is 23.5 Å². The van der Waals surface area contributed by atoms with E-state index in [0.29, 0.717) is 59.0 Å². The molecule has 2 atom stereocenters. The molecule has 1 aromatic carbocycles. The number of ether oxygens (including phenoxy) is 2. The number of pyridine rings is 1. The van der Waals surface area contributed by atoms with Crippen LogP contribution in [0.3, 0.4) is 0 Å². The van der Waals surface area contributed by atoms with E-state index in [-0.39, 0.29) is 35.8 Å². The normalized spacial score (nSPS) is 18.4. The van der Waals surface area contributed by atoms with Crippen LogP contribution < -0.4 is 4.74 Å². The van der Waals surface area contributed by atoms with Crippen LogP contribution in [0.15, 0.2) is 47.0 Å². The Bertz CT molecular complexity index is 1940. The van der Waals surface area contributed by atoms with E-state index in [1.807, 2.05) is 4.57 Å². The van der Waals surface area contributed by atoms with Crippen molar-refractivity contribution in [3.05, 3.63) is 82.4 Å². The Labute approximate surface area is 254 Å². The van der Waals surface area contributed by atoms with Crippen LogP contribution in [0.5, 0.6) is 5.88 Å². The summed E-state index contributed by atoms with van der Waals surface area (Å²) in [4.78, 5) is 29.2. The zero-order valence-corrected chi connectivity index (χ0v) is 24.1. The lowest BCUT2D eigenvalue weighted by molar-refractivity contribution is -0.0591. The summed E-state index contributed by atoms with van der Waals surface area (Å²) in [5.41, 5.74) is 2.79. The number of halogens is 3. The molecule has 1 aliphatic carbocycles. The van der Waals surface area contributed by atoms with Crippen LogP contribution >= 0.6 is 11.6 Å². The first-order valence-electron chi connectivity index (χ1n) is 14.2. The van der Waals surface area contributed by atoms with E-state index < -0.39 is 17.8 Å². The van der Waals surface area contributed by atoms with Crippen molar-refractivity contribution in [1.82, 2.24) is 24.5 Å². The molecule has 1 fully saturated rings. The number of aromatic nitrogens is 5. The van der Waals surface area contributed by atoms with Crippen molar-refractivity contribution < 1.29 is 32.6 Å². The van der Waals surface area contributed by atoms with Crippen LogP contribution in [-0.2, 0) is 24.3 Å². The van der Waals surface area contributed by atoms with E-state index in [2.05, 4.69) is 21.0 Å². The highest BCUT2D eigenvalue weighted by atomic mass is 35.5. The molecular formula is C31H26ClF2N5O5. The maximum absolute atomic E-state index is 14.6. The number of furan rings is 1. The number of aromatic carboxylic acids is 1. The summed E-state index contributed by atoms with van der Waals surface area (Å²) in [7, 11) is 0. The lowest BCUT2D eigenvalue weighted by atomic mass is 9.87. The lowest BCUT2D eigenvalue weighted by Crippen LogP contribution is -2.32. The summed E-state index contributed by atoms with van der Waals surface area (Å²) >= 11 is 6.13. The zero-order chi connectivity index (χ0) is 30.4. The van der Waals surface area contributed by atoms with Gasteiger partial charge in [-0.2, -0.15) is 13.8 Å². The highest BCUT2D eigenvalue weighted by Crippen LogP contribution is 2.33. The van der Waals surface area contributed by atoms with E-state index in [1.165, 1.54) is 12.1 Å². The number of carboxylic acids is 1. The van der Waals surface area contributed by atoms with Crippen molar-refractivity contribution in [2.45, 2.75) is 51.4 Å². The molecule has 0 spiro atoms. The number of rotatable bonds is 9. The summed E-state index contributed by atoms with van der Waals surface area (Å²) in [6.45, 7) is 1.17. The Kier molecular flexibility index (Phi) is 7.47. The molecule has 10 nitrogen and oxygen atoms in total. The molecule has 0 radical (unpaired) electrons. The van der Waals surface area contributed by atoms with E-state index >= 15 is 0 Å². The molecule has 5 heterocycles. The van der Waals surface area contributed by atoms with Crippen LogP contribution in [0.2, 0.25) is 5.02 Å². The second kappa shape index (κ2) is 11.6. The average Bonchev–Trinajstić information content (AvgIpc) is 3.55. The van der Waals surface area contributed by atoms with Gasteiger partial charge in [0.05, 0.1) is 23.9 Å². The summed E-state index contributed by atoms with van der Waals surface area (Å²) in [6.07, 6.45) is 7.03. The van der Waals surface area contributed by atoms with Crippen molar-refractivity contribution in [2.75, 3.05) is 6.61 Å². The number of allylic oxidation sites excluding steroid dienone is 2. The van der Waals surface area contributed by atoms with Crippen molar-refractivity contribution in [3.63, 3.8) is 0 Å². The fourth-order valence-corrected chi connectivity index (χ4v) is 5.87. The lowest BCUT2D eigenvalue weighted by Gasteiger charge is -2.28. The van der Waals surface area contributed by atoms with Crippen molar-refractivity contribution in [3.8, 4) is 5.88 Å². The number of benzene rings is 1. The molecule has 226 valence electrons. The van der Waals surface area contributed by atoms with E-state index in [1.54, 1.807) is 18.2 Å². The molecule has 44 heavy (non-hydrogen) atoms. The van der Waals surface area contributed by atoms with Gasteiger partial charge < -0.3 is 23.6 Å². The van der Waals surface area contributed by atoms with Crippen molar-refractivity contribution in [2.24, 2.45) is 5.92 Å². The third-order valence-electron chi connectivity index (χ3n) is 8.11. The third kappa shape index (κ3) is 5.50. The standard InChI is InChI=1S/C31H26ClF2N5O5/c32-21-6-5-18(27-20(21)12-25(34)44-27)15-43-30-22(33)13-35-28(38-30)17-3-1-16(2-4-17)11-26-36-23-7-8-24(31(40)41)37-29(23)39(26)14-19-9-10-42-19/h3,5-8,12-13,16,19H,1-2,4,9-11,14-15H2,(H,40,41)/t16?,19-/m0/s1. The number of imidazole rings is 1. The molecule has 0 amide bonds. The molecule has 7 rings (SSSR count). The van der Waals surface area contributed by atoms with Crippen LogP contribution in [0.4, 0.5) is 8.78 Å². The Hall–Kier alpha value is -4.42. The predicted octanol–water partition coefficient (Wildman–Crippen LogP) is 6.39. The molecule has 2 aliphatic rings. The van der Waals surface area contributed by atoms with Gasteiger partial charge in [-0.3, -0.25) is 0 Å². The maximum Gasteiger partial charge on any atom is 0.354 e. The van der Waals surface area contributed by atoms with E-state index in [4.69, 9.17) is 30.5 Å². The van der Waals surface area contributed by atoms with Gasteiger partial charge in [0.25, 0.3) is 11.9 Å². The summed E-state index contributed by atoms with van der Waals surface area (Å²) < 4.78 is 46.8. The fraction of sp³-hybridized carbons (Fsp3) is 0.323. The summed E-state index contributed by atoms with van der Waals surface area (Å²) in [5, 5.41) is 10.2. The monoisotopic (exact) mass is 621 g/mol. The number of nitrogens with zero attached hydrogens (tertiary/aromatic N) is 5. The first-order valence-corrected chi connectivity index (χ1v) is 14.6. The molecule has 1 aliphatic heterocycles. The second-order valence-corrected chi connectivity index (χ2v) is 11.4. The quantitative estimate of drug-likeness (QED) is 0.199. The Morgan fingerprint density at radius 2 is 2.02 bits per heavy atom. The number of fused-ring (bicyclic) bond motifs is 2. The van der Waals surface area contributed by atoms with Crippen molar-refractivity contribution in [1.29, 1.82) is 0 Å². The Morgan fingerprint density at radius 3 is 2.77 bits per heavy atom. The number of hydrogen-bond acceptors (Lipinski definition) is 8. The summed E-state index contributed by atoms with van der Waals surface area (Å²) in [5.74, 6) is -0.523. The molecule has 1 saturated heterocycles. The third-order valence-corrected chi connectivity index (χ3v) is 8.44. The Balaban J connectivity index is 1.07. The summed E-state index contributed by atoms with van der Waals surface area (Å²) in [6, 6.07) is 6.81. The maximum atomic E-state index is 14.6. The minimum atomic E-state index is -1.09. The highest BCUT2D eigenvalue weighted by Gasteiger charge is 2.26. The zero-order valence-electron chi connectivity index (χ0n) is 23.3. The number of carbonyl (C=O) groups is 1. The van der Waals surface area contributed by atoms with Gasteiger partial charge >= 0.3 is 5.97 Å². The molecular weight excluding hydrogens is 596 g/mol. The number of carboxylic acid groups (broad SMARTS) is 1. The van der Waals surface area contributed by atoms with Gasteiger partial charge in [-0.25, -0.2) is 19.7 Å². The van der Waals surface area contributed by atoms with Gasteiger partial charge in [-0.15, -0.1) is 0 Å². The van der Waals surface area contributed by atoms with E-state index in [0.717, 1.165) is 36.9 Å². The molecule has 0 saturated carbocycles. The molecule has 5 aromatic rings. The van der Waals surface area contributed by atoms with Gasteiger partial charge in [0.2, 0.25) is 5.82 Å². The fourth-order valence-electron chi connectivity index (χ4n) is 5.67. The van der Waals surface area contributed by atoms with Crippen LogP contribution in [0.1, 0.15) is 53.4 Å². The minimum Gasteiger partial charge on any atom is -0.477 e. The molecule has 0 bridgehead atoms. The second-order valence-electron chi connectivity index (χ2n) is 11.0. The SMILES string of the molecule is O=C(O)c1ccc2nc(CC3CC=C(c4ncc(F)c(OCc5ccc(Cl)c6cc(F)oc56)n4)CC3)n(C[C@@H]3CCO3)c2n1. The molecule has 4 aromatic heterocycles. The minimum absolute atomic E-state index is 0.0241. The smallest absolute Gasteiger partial charge is 0.354 e. The highest BCUT2D eigenvalue weighted by molar-refractivity contribution is 6.35. The topological polar surface area (TPSA) is 125 Å². The first-order chi connectivity index (χ1) is 21.3. The number of hydrogen-bond donors (Lipinski definition) is 1. The average molecular weight is 622 g/mol. The van der Waals surface area contributed by atoms with Crippen LogP contribution in [0.25, 0.3) is 27.7 Å². The molecule has 1 unspecified atom stereocenters. The van der Waals surface area contributed by atoms with Crippen LogP contribution in [0, 0.1) is 17.7 Å². The molecule has 1 N–H and O–H groups in total. The van der Waals surface area contributed by atoms with Crippen molar-refractivity contribution >= 4 is 45.3 Å².